The molecule has 0 aromatic carbocycles. The molecule has 6 rings (SSSR count). The van der Waals surface area contributed by atoms with Crippen molar-refractivity contribution in [2.45, 2.75) is 205 Å². The number of carbonyl (C=O) groups is 2. The second kappa shape index (κ2) is 20.6. The fourth-order valence-corrected chi connectivity index (χ4v) is 12.0. The van der Waals surface area contributed by atoms with Crippen LogP contribution in [0.5, 0.6) is 0 Å². The molecule has 62 heavy (non-hydrogen) atoms. The van der Waals surface area contributed by atoms with Crippen LogP contribution in [0.25, 0.3) is 0 Å². The summed E-state index contributed by atoms with van der Waals surface area (Å²) in [5.41, 5.74) is -1.63. The maximum Gasteiger partial charge on any atom is 0.225 e. The molecule has 0 saturated carbocycles. The van der Waals surface area contributed by atoms with Gasteiger partial charge >= 0.3 is 0 Å². The Hall–Kier alpha value is -1.52. The van der Waals surface area contributed by atoms with E-state index in [9.17, 15) is 24.9 Å². The van der Waals surface area contributed by atoms with Gasteiger partial charge in [-0.3, -0.25) is 14.5 Å². The van der Waals surface area contributed by atoms with Gasteiger partial charge in [-0.25, -0.2) is 0 Å². The van der Waals surface area contributed by atoms with Crippen LogP contribution in [0, 0.1) is 41.4 Å². The highest BCUT2D eigenvalue weighted by molar-refractivity contribution is 5.84. The number of amides is 1. The Bertz CT molecular complexity index is 1530. The summed E-state index contributed by atoms with van der Waals surface area (Å²) in [6, 6.07) is 0. The number of hydrogen-bond donors (Lipinski definition) is 4. The van der Waals surface area contributed by atoms with Gasteiger partial charge in [0.15, 0.2) is 5.79 Å². The number of rotatable bonds is 16. The van der Waals surface area contributed by atoms with Crippen LogP contribution in [0.15, 0.2) is 12.2 Å². The SMILES string of the molecule is CC[C@@H](C(=O)[C@@H](C)[C@@H](O)[C@H](C)[C@@H]1O[C@@H]([C@@H](CC)C(=O)NCCCN2CCOCC2)CC[C@@H]1C)[C@H]1O[C@]2(C=C[C@@H](O)[C@]3(CC[C@@](C)([C@H]4CC[C@](O)(CC)[C@H](C)O4)O3)O2)[C@H](C)C[C@@H]1C. The van der Waals surface area contributed by atoms with Crippen molar-refractivity contribution in [2.24, 2.45) is 41.4 Å². The quantitative estimate of drug-likeness (QED) is 0.107. The number of morpholine rings is 1. The first-order valence-electron chi connectivity index (χ1n) is 24.6. The van der Waals surface area contributed by atoms with Gasteiger partial charge in [-0.15, -0.1) is 0 Å². The molecule has 5 saturated heterocycles. The lowest BCUT2D eigenvalue weighted by Crippen LogP contribution is -2.63. The molecule has 5 fully saturated rings. The van der Waals surface area contributed by atoms with Crippen LogP contribution in [0.4, 0.5) is 0 Å². The molecule has 0 unspecified atom stereocenters. The summed E-state index contributed by atoms with van der Waals surface area (Å²) in [6.45, 7) is 25.0. The van der Waals surface area contributed by atoms with E-state index in [2.05, 4.69) is 31.0 Å². The number of ether oxygens (including phenoxy) is 6. The number of nitrogens with one attached hydrogen (secondary N) is 1. The molecule has 0 aliphatic carbocycles. The molecular weight excluding hydrogens is 793 g/mol. The van der Waals surface area contributed by atoms with Crippen molar-refractivity contribution in [1.82, 2.24) is 10.2 Å². The van der Waals surface area contributed by atoms with Crippen molar-refractivity contribution in [1.29, 1.82) is 0 Å². The molecule has 18 atom stereocenters. The standard InChI is InChI=1S/C49H84N2O11/c1-11-36(45(55)50-23-14-24-51-25-27-57-28-26-51)38-16-15-30(4)43(59-38)34(8)41(53)33(7)42(54)37(12-2)44-31(5)29-32(6)48(60-44)20-17-39(52)49(62-48)22-21-46(10,61-49)40-18-19-47(56,13-3)35(9)58-40/h17,20,30-41,43-44,52-53,56H,11-16,18-19,21-29H2,1-10H3,(H,50,55)/t30-,31-,32+,33-,34-,35-,36+,37-,38+,39+,40+,41+,43+,44-,46-,47+,48-,49-/m0/s1. The normalized spacial score (nSPS) is 43.0. The van der Waals surface area contributed by atoms with Crippen molar-refractivity contribution < 1.29 is 53.3 Å². The van der Waals surface area contributed by atoms with Crippen molar-refractivity contribution in [3.8, 4) is 0 Å². The zero-order valence-corrected chi connectivity index (χ0v) is 39.8. The third kappa shape index (κ3) is 10.2. The lowest BCUT2D eigenvalue weighted by molar-refractivity contribution is -0.409. The average molecular weight is 877 g/mol. The van der Waals surface area contributed by atoms with E-state index in [0.29, 0.717) is 51.5 Å². The minimum atomic E-state index is -1.37. The second-order valence-corrected chi connectivity index (χ2v) is 20.7. The topological polar surface area (TPSA) is 165 Å². The second-order valence-electron chi connectivity index (χ2n) is 20.7. The Balaban J connectivity index is 1.09. The fraction of sp³-hybridized carbons (Fsp3) is 0.918. The van der Waals surface area contributed by atoms with Crippen LogP contribution in [0.1, 0.15) is 140 Å². The highest BCUT2D eigenvalue weighted by Crippen LogP contribution is 2.54. The highest BCUT2D eigenvalue weighted by atomic mass is 16.8. The van der Waals surface area contributed by atoms with E-state index < -0.39 is 52.9 Å². The van der Waals surface area contributed by atoms with Crippen LogP contribution < -0.4 is 5.32 Å². The van der Waals surface area contributed by atoms with Gasteiger partial charge in [0.05, 0.1) is 67.0 Å². The number of nitrogens with zero attached hydrogens (tertiary/aromatic N) is 1. The fourth-order valence-electron chi connectivity index (χ4n) is 12.0. The van der Waals surface area contributed by atoms with E-state index in [0.717, 1.165) is 58.5 Å². The molecule has 0 aromatic rings. The monoisotopic (exact) mass is 877 g/mol. The van der Waals surface area contributed by atoms with E-state index in [-0.39, 0.29) is 65.7 Å². The van der Waals surface area contributed by atoms with Gasteiger partial charge in [0.25, 0.3) is 0 Å². The predicted molar refractivity (Wildman–Crippen MR) is 236 cm³/mol. The van der Waals surface area contributed by atoms with Crippen molar-refractivity contribution in [3.63, 3.8) is 0 Å². The summed E-state index contributed by atoms with van der Waals surface area (Å²) < 4.78 is 39.5. The molecule has 0 bridgehead atoms. The van der Waals surface area contributed by atoms with Crippen LogP contribution in [-0.2, 0) is 38.0 Å². The molecule has 1 amide bonds. The summed E-state index contributed by atoms with van der Waals surface area (Å²) in [7, 11) is 0. The third-order valence-corrected chi connectivity index (χ3v) is 16.5. The van der Waals surface area contributed by atoms with E-state index in [1.807, 2.05) is 54.5 Å². The summed E-state index contributed by atoms with van der Waals surface area (Å²) in [4.78, 5) is 30.5. The maximum atomic E-state index is 14.7. The number of aliphatic hydroxyl groups excluding tert-OH is 2. The van der Waals surface area contributed by atoms with Crippen LogP contribution in [-0.4, -0.2) is 137 Å². The summed E-state index contributed by atoms with van der Waals surface area (Å²) in [6.07, 6.45) is 7.17. The van der Waals surface area contributed by atoms with Gasteiger partial charge < -0.3 is 49.1 Å². The highest BCUT2D eigenvalue weighted by Gasteiger charge is 2.63. The van der Waals surface area contributed by atoms with Crippen LogP contribution in [0.2, 0.25) is 0 Å². The van der Waals surface area contributed by atoms with Gasteiger partial charge in [-0.1, -0.05) is 55.4 Å². The van der Waals surface area contributed by atoms with Gasteiger partial charge in [-0.2, -0.15) is 0 Å². The molecule has 6 aliphatic rings. The van der Waals surface area contributed by atoms with Gasteiger partial charge in [0, 0.05) is 49.7 Å². The molecule has 356 valence electrons. The van der Waals surface area contributed by atoms with Gasteiger partial charge in [-0.05, 0) is 109 Å². The minimum absolute atomic E-state index is 0.0215. The molecule has 13 heteroatoms. The van der Waals surface area contributed by atoms with Crippen LogP contribution in [0.3, 0.4) is 0 Å². The summed E-state index contributed by atoms with van der Waals surface area (Å²) >= 11 is 0. The number of carbonyl (C=O) groups excluding carboxylic acids is 2. The van der Waals surface area contributed by atoms with E-state index in [4.69, 9.17) is 28.4 Å². The predicted octanol–water partition coefficient (Wildman–Crippen LogP) is 5.94. The number of hydrogen-bond acceptors (Lipinski definition) is 12. The first-order valence-corrected chi connectivity index (χ1v) is 24.6. The van der Waals surface area contributed by atoms with Crippen molar-refractivity contribution in [3.05, 3.63) is 12.2 Å². The Kier molecular flexibility index (Phi) is 16.5. The largest absolute Gasteiger partial charge is 0.392 e. The van der Waals surface area contributed by atoms with E-state index >= 15 is 0 Å². The third-order valence-electron chi connectivity index (χ3n) is 16.5. The lowest BCUT2D eigenvalue weighted by Gasteiger charge is -2.54. The molecule has 6 aliphatic heterocycles. The Morgan fingerprint density at radius 1 is 0.903 bits per heavy atom. The molecular formula is C49H84N2O11. The van der Waals surface area contributed by atoms with Crippen LogP contribution >= 0.6 is 0 Å². The average Bonchev–Trinajstić information content (AvgIpc) is 3.61. The Labute approximate surface area is 372 Å². The lowest BCUT2D eigenvalue weighted by atomic mass is 9.72. The molecule has 0 radical (unpaired) electrons. The zero-order chi connectivity index (χ0) is 45.2. The van der Waals surface area contributed by atoms with Crippen molar-refractivity contribution in [2.75, 3.05) is 39.4 Å². The Morgan fingerprint density at radius 3 is 2.27 bits per heavy atom. The van der Waals surface area contributed by atoms with Gasteiger partial charge in [0.1, 0.15) is 11.9 Å². The van der Waals surface area contributed by atoms with E-state index in [1.54, 1.807) is 6.08 Å². The molecule has 2 spiro atoms. The van der Waals surface area contributed by atoms with Gasteiger partial charge in [0.2, 0.25) is 11.7 Å². The van der Waals surface area contributed by atoms with Crippen molar-refractivity contribution >= 4 is 11.7 Å². The van der Waals surface area contributed by atoms with E-state index in [1.165, 1.54) is 0 Å². The summed E-state index contributed by atoms with van der Waals surface area (Å²) in [5.74, 6) is -4.39. The zero-order valence-electron chi connectivity index (χ0n) is 39.8. The molecule has 4 N–H and O–H groups in total. The number of aliphatic hydroxyl groups is 3. The molecule has 13 nitrogen and oxygen atoms in total. The first kappa shape index (κ1) is 49.9. The number of ketones is 1. The molecule has 0 aromatic heterocycles. The Morgan fingerprint density at radius 2 is 1.61 bits per heavy atom. The number of Topliss-reactive ketones (excluding diaryl/α,β-unsaturated/α-hetero) is 1. The maximum absolute atomic E-state index is 14.7. The smallest absolute Gasteiger partial charge is 0.225 e. The summed E-state index contributed by atoms with van der Waals surface area (Å²) in [5, 5.41) is 37.8. The minimum Gasteiger partial charge on any atom is -0.392 e. The molecule has 6 heterocycles. The first-order chi connectivity index (χ1) is 29.4.